The molecular formula is C38H45N3O9. The van der Waals surface area contributed by atoms with E-state index in [1.54, 1.807) is 59.7 Å². The van der Waals surface area contributed by atoms with E-state index in [2.05, 4.69) is 10.6 Å². The molecule has 3 aromatic rings. The predicted octanol–water partition coefficient (Wildman–Crippen LogP) is 5.02. The Bertz CT molecular complexity index is 1740. The second-order valence-corrected chi connectivity index (χ2v) is 13.9. The van der Waals surface area contributed by atoms with Gasteiger partial charge in [-0.2, -0.15) is 0 Å². The smallest absolute Gasteiger partial charge is 0.343 e. The first-order chi connectivity index (χ1) is 23.5. The number of esters is 3. The van der Waals surface area contributed by atoms with E-state index < -0.39 is 59.8 Å². The van der Waals surface area contributed by atoms with E-state index >= 15 is 0 Å². The number of hydrogen-bond acceptors (Lipinski definition) is 10. The van der Waals surface area contributed by atoms with Crippen LogP contribution in [0.3, 0.4) is 0 Å². The Labute approximate surface area is 292 Å². The van der Waals surface area contributed by atoms with Crippen LogP contribution >= 0.6 is 0 Å². The van der Waals surface area contributed by atoms with Crippen molar-refractivity contribution in [3.8, 4) is 11.5 Å². The van der Waals surface area contributed by atoms with Crippen LogP contribution in [0, 0.1) is 0 Å². The summed E-state index contributed by atoms with van der Waals surface area (Å²) < 4.78 is 23.1. The lowest BCUT2D eigenvalue weighted by Crippen LogP contribution is -2.35. The number of fused-ring (bicyclic) bond motifs is 2. The minimum atomic E-state index is -1.23. The first kappa shape index (κ1) is 37.4. The molecule has 266 valence electrons. The molecular weight excluding hydrogens is 642 g/mol. The summed E-state index contributed by atoms with van der Waals surface area (Å²) in [5.74, 6) is -4.93. The standard InChI is InChI=1S/C38H45N3O9/c1-37(2,3)49-30(42)20-29(35(45)40-21-23-11-8-7-9-12-23)27-16-17-28(34(44)41-22-31(43)50-38(4,5)6)32-33(27)48-36(46)26-15-14-25(39)19-24(26)13-10-18-47-32/h7-9,11-12,14-17,19,29H,10,13,18,20-22,39H2,1-6H3,(H,40,45)(H,41,44). The van der Waals surface area contributed by atoms with Crippen LogP contribution in [-0.4, -0.2) is 54.1 Å². The summed E-state index contributed by atoms with van der Waals surface area (Å²) in [7, 11) is 0. The molecule has 0 bridgehead atoms. The fourth-order valence-electron chi connectivity index (χ4n) is 5.31. The summed E-state index contributed by atoms with van der Waals surface area (Å²) in [5.41, 5.74) is 6.63. The van der Waals surface area contributed by atoms with Crippen molar-refractivity contribution in [2.45, 2.75) is 84.5 Å². The average molecular weight is 688 g/mol. The van der Waals surface area contributed by atoms with Gasteiger partial charge in [-0.05, 0) is 89.8 Å². The molecule has 3 aromatic carbocycles. The topological polar surface area (TPSA) is 172 Å². The third kappa shape index (κ3) is 10.6. The van der Waals surface area contributed by atoms with Crippen molar-refractivity contribution in [1.82, 2.24) is 10.6 Å². The van der Waals surface area contributed by atoms with Gasteiger partial charge in [0.15, 0.2) is 11.5 Å². The van der Waals surface area contributed by atoms with Crippen molar-refractivity contribution < 1.29 is 42.9 Å². The highest BCUT2D eigenvalue weighted by Crippen LogP contribution is 2.42. The van der Waals surface area contributed by atoms with Crippen molar-refractivity contribution in [3.63, 3.8) is 0 Å². The number of amides is 2. The van der Waals surface area contributed by atoms with E-state index in [-0.39, 0.29) is 41.3 Å². The van der Waals surface area contributed by atoms with Crippen molar-refractivity contribution >= 4 is 35.4 Å². The summed E-state index contributed by atoms with van der Waals surface area (Å²) in [6.45, 7) is 10.1. The third-order valence-corrected chi connectivity index (χ3v) is 7.37. The van der Waals surface area contributed by atoms with Gasteiger partial charge in [-0.3, -0.25) is 19.2 Å². The van der Waals surface area contributed by atoms with E-state index in [1.165, 1.54) is 12.1 Å². The molecule has 0 fully saturated rings. The number of hydrogen-bond donors (Lipinski definition) is 3. The SMILES string of the molecule is CC(C)(C)OC(=O)CNC(=O)c1ccc(C(CC(=O)OC(C)(C)C)C(=O)NCc2ccccc2)c2c1OCCCc1cc(N)ccc1C(=O)O2. The van der Waals surface area contributed by atoms with E-state index in [9.17, 15) is 24.0 Å². The Morgan fingerprint density at radius 3 is 2.22 bits per heavy atom. The molecule has 0 aliphatic carbocycles. The maximum absolute atomic E-state index is 14.0. The van der Waals surface area contributed by atoms with Crippen LogP contribution in [0.2, 0.25) is 0 Å². The maximum atomic E-state index is 14.0. The number of nitrogen functional groups attached to an aromatic ring is 1. The van der Waals surface area contributed by atoms with Gasteiger partial charge in [0.1, 0.15) is 17.7 Å². The van der Waals surface area contributed by atoms with Gasteiger partial charge in [0.2, 0.25) is 5.91 Å². The zero-order chi connectivity index (χ0) is 36.6. The van der Waals surface area contributed by atoms with E-state index in [1.807, 2.05) is 30.3 Å². The summed E-state index contributed by atoms with van der Waals surface area (Å²) in [5, 5.41) is 5.41. The zero-order valence-electron chi connectivity index (χ0n) is 29.3. The van der Waals surface area contributed by atoms with Gasteiger partial charge in [0.05, 0.1) is 30.1 Å². The monoisotopic (exact) mass is 687 g/mol. The highest BCUT2D eigenvalue weighted by Gasteiger charge is 2.34. The average Bonchev–Trinajstić information content (AvgIpc) is 3.02. The van der Waals surface area contributed by atoms with Crippen LogP contribution in [0.15, 0.2) is 60.7 Å². The fraction of sp³-hybridized carbons (Fsp3) is 0.395. The van der Waals surface area contributed by atoms with Crippen LogP contribution in [-0.2, 0) is 36.8 Å². The number of anilines is 1. The van der Waals surface area contributed by atoms with Crippen LogP contribution in [0.5, 0.6) is 11.5 Å². The van der Waals surface area contributed by atoms with Crippen LogP contribution < -0.4 is 25.8 Å². The van der Waals surface area contributed by atoms with Crippen molar-refractivity contribution in [2.24, 2.45) is 0 Å². The molecule has 1 unspecified atom stereocenters. The summed E-state index contributed by atoms with van der Waals surface area (Å²) in [4.78, 5) is 67.0. The van der Waals surface area contributed by atoms with Crippen LogP contribution in [0.1, 0.15) is 97.7 Å². The molecule has 50 heavy (non-hydrogen) atoms. The molecule has 0 spiro atoms. The third-order valence-electron chi connectivity index (χ3n) is 7.37. The van der Waals surface area contributed by atoms with Crippen molar-refractivity contribution in [1.29, 1.82) is 0 Å². The lowest BCUT2D eigenvalue weighted by Gasteiger charge is -2.25. The number of benzene rings is 3. The number of nitrogens with two attached hydrogens (primary N) is 1. The Morgan fingerprint density at radius 1 is 0.860 bits per heavy atom. The van der Waals surface area contributed by atoms with Gasteiger partial charge in [-0.15, -0.1) is 0 Å². The number of ether oxygens (including phenoxy) is 4. The molecule has 0 saturated carbocycles. The largest absolute Gasteiger partial charge is 0.489 e. The summed E-state index contributed by atoms with van der Waals surface area (Å²) in [6.07, 6.45) is 0.443. The van der Waals surface area contributed by atoms with Gasteiger partial charge >= 0.3 is 17.9 Å². The first-order valence-corrected chi connectivity index (χ1v) is 16.4. The second kappa shape index (κ2) is 15.9. The fourth-order valence-corrected chi connectivity index (χ4v) is 5.31. The predicted molar refractivity (Wildman–Crippen MR) is 186 cm³/mol. The normalized spacial score (nSPS) is 13.7. The van der Waals surface area contributed by atoms with E-state index in [4.69, 9.17) is 24.7 Å². The Morgan fingerprint density at radius 2 is 1.54 bits per heavy atom. The quantitative estimate of drug-likeness (QED) is 0.158. The van der Waals surface area contributed by atoms with Gasteiger partial charge < -0.3 is 35.3 Å². The lowest BCUT2D eigenvalue weighted by molar-refractivity contribution is -0.156. The maximum Gasteiger partial charge on any atom is 0.343 e. The number of aryl methyl sites for hydroxylation is 1. The summed E-state index contributed by atoms with van der Waals surface area (Å²) in [6, 6.07) is 16.9. The Balaban J connectivity index is 1.81. The van der Waals surface area contributed by atoms with Crippen LogP contribution in [0.4, 0.5) is 5.69 Å². The molecule has 1 atom stereocenters. The molecule has 12 heteroatoms. The molecule has 4 N–H and O–H groups in total. The van der Waals surface area contributed by atoms with Gasteiger partial charge in [0.25, 0.3) is 5.91 Å². The van der Waals surface area contributed by atoms with Crippen molar-refractivity contribution in [3.05, 3.63) is 88.5 Å². The molecule has 1 aliphatic rings. The molecule has 1 heterocycles. The van der Waals surface area contributed by atoms with Gasteiger partial charge in [0, 0.05) is 17.8 Å². The Hall–Kier alpha value is -5.39. The minimum absolute atomic E-state index is 0.0566. The number of nitrogens with one attached hydrogen (secondary N) is 2. The zero-order valence-corrected chi connectivity index (χ0v) is 29.3. The molecule has 1 aliphatic heterocycles. The molecule has 0 radical (unpaired) electrons. The number of rotatable bonds is 9. The second-order valence-electron chi connectivity index (χ2n) is 13.9. The highest BCUT2D eigenvalue weighted by atomic mass is 16.6. The lowest BCUT2D eigenvalue weighted by atomic mass is 9.91. The van der Waals surface area contributed by atoms with Gasteiger partial charge in [-0.25, -0.2) is 4.79 Å². The molecule has 0 saturated heterocycles. The van der Waals surface area contributed by atoms with E-state index in [0.717, 1.165) is 5.56 Å². The molecule has 0 aromatic heterocycles. The number of carbonyl (C=O) groups is 5. The van der Waals surface area contributed by atoms with E-state index in [0.29, 0.717) is 24.1 Å². The number of carbonyl (C=O) groups excluding carboxylic acids is 5. The molecule has 2 amide bonds. The molecule has 12 nitrogen and oxygen atoms in total. The minimum Gasteiger partial charge on any atom is -0.489 e. The van der Waals surface area contributed by atoms with Crippen LogP contribution in [0.25, 0.3) is 0 Å². The first-order valence-electron chi connectivity index (χ1n) is 16.4. The summed E-state index contributed by atoms with van der Waals surface area (Å²) >= 11 is 0. The Kier molecular flexibility index (Phi) is 11.9. The molecule has 4 rings (SSSR count). The highest BCUT2D eigenvalue weighted by molar-refractivity contribution is 6.01. The van der Waals surface area contributed by atoms with Gasteiger partial charge in [-0.1, -0.05) is 36.4 Å². The van der Waals surface area contributed by atoms with Crippen molar-refractivity contribution in [2.75, 3.05) is 18.9 Å².